The molecule has 0 saturated carbocycles. The first-order valence-corrected chi connectivity index (χ1v) is 6.36. The van der Waals surface area contributed by atoms with Crippen LogP contribution in [-0.2, 0) is 9.53 Å². The van der Waals surface area contributed by atoms with Gasteiger partial charge in [-0.1, -0.05) is 43.0 Å². The van der Waals surface area contributed by atoms with Crippen molar-refractivity contribution in [3.63, 3.8) is 0 Å². The van der Waals surface area contributed by atoms with Gasteiger partial charge < -0.3 is 9.47 Å². The molecule has 5 heteroatoms. The molecule has 1 saturated heterocycles. The second-order valence-electron chi connectivity index (χ2n) is 3.87. The number of para-hydroxylation sites is 1. The van der Waals surface area contributed by atoms with Gasteiger partial charge in [0.25, 0.3) is 11.1 Å². The SMILES string of the molecule is C=CCOc1ccccc1C=CC=C1OC(=S)NC1=O. The van der Waals surface area contributed by atoms with Crippen molar-refractivity contribution >= 4 is 29.4 Å². The summed E-state index contributed by atoms with van der Waals surface area (Å²) in [6, 6.07) is 7.57. The molecule has 1 aromatic carbocycles. The third kappa shape index (κ3) is 3.55. The van der Waals surface area contributed by atoms with E-state index >= 15 is 0 Å². The van der Waals surface area contributed by atoms with Crippen molar-refractivity contribution in [2.45, 2.75) is 0 Å². The first kappa shape index (κ1) is 14.0. The first-order chi connectivity index (χ1) is 9.70. The largest absolute Gasteiger partial charge is 0.489 e. The van der Waals surface area contributed by atoms with Crippen LogP contribution < -0.4 is 10.1 Å². The van der Waals surface area contributed by atoms with Crippen molar-refractivity contribution in [1.82, 2.24) is 5.32 Å². The average Bonchev–Trinajstić information content (AvgIpc) is 2.76. The zero-order chi connectivity index (χ0) is 14.4. The number of carbonyl (C=O) groups is 1. The summed E-state index contributed by atoms with van der Waals surface area (Å²) in [6.45, 7) is 4.05. The maximum atomic E-state index is 11.4. The lowest BCUT2D eigenvalue weighted by molar-refractivity contribution is -0.116. The molecule has 1 aliphatic rings. The Bertz CT molecular complexity index is 605. The number of carbonyl (C=O) groups excluding carboxylic acids is 1. The van der Waals surface area contributed by atoms with Crippen molar-refractivity contribution in [3.8, 4) is 5.75 Å². The molecule has 0 aromatic heterocycles. The Hall–Kier alpha value is -2.40. The van der Waals surface area contributed by atoms with E-state index in [-0.39, 0.29) is 16.8 Å². The number of nitrogens with one attached hydrogen (secondary N) is 1. The highest BCUT2D eigenvalue weighted by Crippen LogP contribution is 2.19. The number of ether oxygens (including phenoxy) is 2. The molecule has 0 bridgehead atoms. The van der Waals surface area contributed by atoms with Crippen molar-refractivity contribution in [2.24, 2.45) is 0 Å². The summed E-state index contributed by atoms with van der Waals surface area (Å²) < 4.78 is 10.6. The minimum atomic E-state index is -0.337. The molecule has 1 aliphatic heterocycles. The van der Waals surface area contributed by atoms with Crippen LogP contribution >= 0.6 is 12.2 Å². The van der Waals surface area contributed by atoms with Gasteiger partial charge in [-0.05, 0) is 24.4 Å². The van der Waals surface area contributed by atoms with Crippen molar-refractivity contribution in [2.75, 3.05) is 6.61 Å². The second kappa shape index (κ2) is 6.68. The van der Waals surface area contributed by atoms with Gasteiger partial charge in [-0.15, -0.1) is 0 Å². The molecular weight excluding hydrogens is 274 g/mol. The summed E-state index contributed by atoms with van der Waals surface area (Å²) in [4.78, 5) is 11.4. The second-order valence-corrected chi connectivity index (χ2v) is 4.24. The summed E-state index contributed by atoms with van der Waals surface area (Å²) in [5.74, 6) is 0.584. The Morgan fingerprint density at radius 3 is 2.90 bits per heavy atom. The lowest BCUT2D eigenvalue weighted by atomic mass is 10.2. The molecule has 0 aliphatic carbocycles. The Kier molecular flexibility index (Phi) is 4.68. The molecule has 1 aromatic rings. The smallest absolute Gasteiger partial charge is 0.294 e. The van der Waals surface area contributed by atoms with Gasteiger partial charge in [-0.2, -0.15) is 0 Å². The Labute approximate surface area is 122 Å². The minimum Gasteiger partial charge on any atom is -0.489 e. The van der Waals surface area contributed by atoms with Crippen LogP contribution in [0.15, 0.2) is 54.8 Å². The normalized spacial score (nSPS) is 16.3. The van der Waals surface area contributed by atoms with Crippen LogP contribution in [0.3, 0.4) is 0 Å². The van der Waals surface area contributed by atoms with Crippen LogP contribution in [0.4, 0.5) is 0 Å². The highest BCUT2D eigenvalue weighted by molar-refractivity contribution is 7.80. The molecule has 1 fully saturated rings. The molecular formula is C15H13NO3S. The predicted octanol–water partition coefficient (Wildman–Crippen LogP) is 2.58. The van der Waals surface area contributed by atoms with E-state index in [1.54, 1.807) is 18.2 Å². The number of hydrogen-bond donors (Lipinski definition) is 1. The molecule has 0 spiro atoms. The van der Waals surface area contributed by atoms with Gasteiger partial charge in [0.15, 0.2) is 5.76 Å². The van der Waals surface area contributed by atoms with E-state index < -0.39 is 0 Å². The number of rotatable bonds is 5. The highest BCUT2D eigenvalue weighted by atomic mass is 32.1. The fraction of sp³-hybridized carbons (Fsp3) is 0.0667. The molecule has 20 heavy (non-hydrogen) atoms. The van der Waals surface area contributed by atoms with E-state index in [2.05, 4.69) is 11.9 Å². The number of hydrogen-bond acceptors (Lipinski definition) is 4. The standard InChI is InChI=1S/C15H13NO3S/c1-2-10-18-12-8-4-3-6-11(12)7-5-9-13-14(17)16-15(20)19-13/h2-9H,1,10H2,(H,16,17,20). The van der Waals surface area contributed by atoms with Gasteiger partial charge in [0, 0.05) is 5.56 Å². The highest BCUT2D eigenvalue weighted by Gasteiger charge is 2.21. The summed E-state index contributed by atoms with van der Waals surface area (Å²) in [5.41, 5.74) is 0.896. The van der Waals surface area contributed by atoms with Crippen LogP contribution in [0.5, 0.6) is 5.75 Å². The van der Waals surface area contributed by atoms with Gasteiger partial charge in [0.1, 0.15) is 12.4 Å². The van der Waals surface area contributed by atoms with Gasteiger partial charge >= 0.3 is 0 Å². The number of allylic oxidation sites excluding steroid dienone is 2. The molecule has 0 unspecified atom stereocenters. The van der Waals surface area contributed by atoms with Crippen molar-refractivity contribution < 1.29 is 14.3 Å². The maximum absolute atomic E-state index is 11.4. The summed E-state index contributed by atoms with van der Waals surface area (Å²) >= 11 is 4.74. The molecule has 2 rings (SSSR count). The monoisotopic (exact) mass is 287 g/mol. The van der Waals surface area contributed by atoms with Crippen molar-refractivity contribution in [3.05, 3.63) is 60.4 Å². The lowest BCUT2D eigenvalue weighted by Gasteiger charge is -2.06. The van der Waals surface area contributed by atoms with E-state index in [0.29, 0.717) is 6.61 Å². The number of amides is 1. The zero-order valence-corrected chi connectivity index (χ0v) is 11.5. The molecule has 4 nitrogen and oxygen atoms in total. The number of benzene rings is 1. The first-order valence-electron chi connectivity index (χ1n) is 5.95. The van der Waals surface area contributed by atoms with Gasteiger partial charge in [0.05, 0.1) is 0 Å². The fourth-order valence-electron chi connectivity index (χ4n) is 1.57. The molecule has 1 amide bonds. The van der Waals surface area contributed by atoms with Gasteiger partial charge in [-0.25, -0.2) is 0 Å². The molecule has 102 valence electrons. The fourth-order valence-corrected chi connectivity index (χ4v) is 1.76. The maximum Gasteiger partial charge on any atom is 0.294 e. The van der Waals surface area contributed by atoms with Crippen molar-refractivity contribution in [1.29, 1.82) is 0 Å². The van der Waals surface area contributed by atoms with Crippen LogP contribution in [0.2, 0.25) is 0 Å². The van der Waals surface area contributed by atoms with E-state index in [9.17, 15) is 4.79 Å². The molecule has 0 radical (unpaired) electrons. The molecule has 1 heterocycles. The Morgan fingerprint density at radius 1 is 1.40 bits per heavy atom. The van der Waals surface area contributed by atoms with E-state index in [4.69, 9.17) is 21.7 Å². The van der Waals surface area contributed by atoms with Crippen LogP contribution in [0, 0.1) is 0 Å². The topological polar surface area (TPSA) is 47.6 Å². The quantitative estimate of drug-likeness (QED) is 0.514. The average molecular weight is 287 g/mol. The van der Waals surface area contributed by atoms with E-state index in [1.165, 1.54) is 0 Å². The minimum absolute atomic E-state index is 0.0735. The lowest BCUT2D eigenvalue weighted by Crippen LogP contribution is -2.18. The Balaban J connectivity index is 2.11. The van der Waals surface area contributed by atoms with E-state index in [0.717, 1.165) is 11.3 Å². The van der Waals surface area contributed by atoms with E-state index in [1.807, 2.05) is 30.3 Å². The van der Waals surface area contributed by atoms with Crippen LogP contribution in [0.1, 0.15) is 5.56 Å². The van der Waals surface area contributed by atoms with Crippen LogP contribution in [0.25, 0.3) is 6.08 Å². The summed E-state index contributed by atoms with van der Waals surface area (Å²) in [7, 11) is 0. The third-order valence-electron chi connectivity index (χ3n) is 2.44. The van der Waals surface area contributed by atoms with Gasteiger partial charge in [0.2, 0.25) is 0 Å². The summed E-state index contributed by atoms with van der Waals surface area (Å²) in [6.07, 6.45) is 6.77. The number of thiocarbonyl (C=S) groups is 1. The molecule has 0 atom stereocenters. The van der Waals surface area contributed by atoms with Gasteiger partial charge in [-0.3, -0.25) is 10.1 Å². The zero-order valence-electron chi connectivity index (χ0n) is 10.7. The molecule has 1 N–H and O–H groups in total. The summed E-state index contributed by atoms with van der Waals surface area (Å²) in [5, 5.41) is 2.46. The van der Waals surface area contributed by atoms with Crippen LogP contribution in [-0.4, -0.2) is 17.7 Å². The third-order valence-corrected chi connectivity index (χ3v) is 2.63. The predicted molar refractivity (Wildman–Crippen MR) is 81.1 cm³/mol. The Morgan fingerprint density at radius 2 is 2.20 bits per heavy atom.